The number of carbonyl (C=O) groups is 1. The van der Waals surface area contributed by atoms with Gasteiger partial charge < -0.3 is 10.1 Å². The molecule has 0 aliphatic rings. The van der Waals surface area contributed by atoms with E-state index in [1.54, 1.807) is 32.0 Å². The Morgan fingerprint density at radius 3 is 2.82 bits per heavy atom. The second-order valence-electron chi connectivity index (χ2n) is 3.77. The van der Waals surface area contributed by atoms with Gasteiger partial charge in [0.25, 0.3) is 0 Å². The van der Waals surface area contributed by atoms with E-state index in [0.717, 1.165) is 0 Å². The van der Waals surface area contributed by atoms with Gasteiger partial charge in [0.15, 0.2) is 0 Å². The van der Waals surface area contributed by atoms with Gasteiger partial charge in [0.2, 0.25) is 0 Å². The average molecular weight is 239 g/mol. The summed E-state index contributed by atoms with van der Waals surface area (Å²) in [7, 11) is 0. The summed E-state index contributed by atoms with van der Waals surface area (Å²) in [5, 5.41) is 3.00. The minimum atomic E-state index is -0.360. The molecule has 1 unspecified atom stereocenters. The van der Waals surface area contributed by atoms with Crippen molar-refractivity contribution in [1.29, 1.82) is 0 Å². The molecule has 0 aromatic heterocycles. The molecule has 0 radical (unpaired) electrons. The largest absolute Gasteiger partial charge is 0.465 e. The standard InChI is InChI=1S/C13H18FNO2/c1-3-17-13(16)10(2)15-9-8-11-6-4-5-7-12(11)14/h4-7,10,15H,3,8-9H2,1-2H3. The maximum atomic E-state index is 13.3. The van der Waals surface area contributed by atoms with Crippen LogP contribution in [-0.4, -0.2) is 25.2 Å². The normalized spacial score (nSPS) is 12.2. The first-order chi connectivity index (χ1) is 8.15. The molecule has 1 atom stereocenters. The van der Waals surface area contributed by atoms with Crippen molar-refractivity contribution in [3.05, 3.63) is 35.6 Å². The van der Waals surface area contributed by atoms with Crippen LogP contribution >= 0.6 is 0 Å². The van der Waals surface area contributed by atoms with Crippen LogP contribution in [0, 0.1) is 5.82 Å². The maximum absolute atomic E-state index is 13.3. The fourth-order valence-electron chi connectivity index (χ4n) is 1.48. The molecule has 0 aliphatic carbocycles. The van der Waals surface area contributed by atoms with E-state index in [0.29, 0.717) is 25.1 Å². The highest BCUT2D eigenvalue weighted by Gasteiger charge is 2.12. The molecule has 1 rings (SSSR count). The minimum absolute atomic E-state index is 0.210. The molecule has 0 saturated carbocycles. The SMILES string of the molecule is CCOC(=O)C(C)NCCc1ccccc1F. The summed E-state index contributed by atoms with van der Waals surface area (Å²) >= 11 is 0. The van der Waals surface area contributed by atoms with Crippen LogP contribution in [-0.2, 0) is 16.0 Å². The lowest BCUT2D eigenvalue weighted by atomic mass is 10.1. The quantitative estimate of drug-likeness (QED) is 0.771. The second-order valence-corrected chi connectivity index (χ2v) is 3.77. The molecule has 0 spiro atoms. The number of halogens is 1. The summed E-state index contributed by atoms with van der Waals surface area (Å²) in [6.45, 7) is 4.42. The fraction of sp³-hybridized carbons (Fsp3) is 0.462. The van der Waals surface area contributed by atoms with Crippen LogP contribution in [0.4, 0.5) is 4.39 Å². The highest BCUT2D eigenvalue weighted by atomic mass is 19.1. The predicted octanol–water partition coefficient (Wildman–Crippen LogP) is 1.91. The average Bonchev–Trinajstić information content (AvgIpc) is 2.31. The Balaban J connectivity index is 2.33. The monoisotopic (exact) mass is 239 g/mol. The third-order valence-corrected chi connectivity index (χ3v) is 2.44. The third kappa shape index (κ3) is 4.53. The Morgan fingerprint density at radius 2 is 2.18 bits per heavy atom. The van der Waals surface area contributed by atoms with E-state index in [1.165, 1.54) is 6.07 Å². The summed E-state index contributed by atoms with van der Waals surface area (Å²) < 4.78 is 18.1. The van der Waals surface area contributed by atoms with Crippen molar-refractivity contribution in [3.8, 4) is 0 Å². The zero-order valence-corrected chi connectivity index (χ0v) is 10.2. The van der Waals surface area contributed by atoms with Gasteiger partial charge in [-0.2, -0.15) is 0 Å². The number of hydrogen-bond acceptors (Lipinski definition) is 3. The zero-order chi connectivity index (χ0) is 12.7. The molecule has 1 aromatic carbocycles. The number of ether oxygens (including phenoxy) is 1. The summed E-state index contributed by atoms with van der Waals surface area (Å²) in [5.74, 6) is -0.487. The Hall–Kier alpha value is -1.42. The van der Waals surface area contributed by atoms with Crippen LogP contribution in [0.25, 0.3) is 0 Å². The van der Waals surface area contributed by atoms with E-state index in [9.17, 15) is 9.18 Å². The van der Waals surface area contributed by atoms with Gasteiger partial charge in [-0.05, 0) is 31.9 Å². The van der Waals surface area contributed by atoms with E-state index < -0.39 is 0 Å². The Labute approximate surface area is 101 Å². The Kier molecular flexibility index (Phi) is 5.63. The lowest BCUT2D eigenvalue weighted by Crippen LogP contribution is -2.36. The second kappa shape index (κ2) is 7.01. The van der Waals surface area contributed by atoms with Crippen LogP contribution in [0.1, 0.15) is 19.4 Å². The summed E-state index contributed by atoms with van der Waals surface area (Å²) in [5.41, 5.74) is 0.649. The van der Waals surface area contributed by atoms with Crippen molar-refractivity contribution >= 4 is 5.97 Å². The number of benzene rings is 1. The van der Waals surface area contributed by atoms with Gasteiger partial charge in [-0.1, -0.05) is 18.2 Å². The van der Waals surface area contributed by atoms with Crippen molar-refractivity contribution in [2.45, 2.75) is 26.3 Å². The number of esters is 1. The lowest BCUT2D eigenvalue weighted by molar-refractivity contribution is -0.145. The van der Waals surface area contributed by atoms with Gasteiger partial charge in [-0.25, -0.2) is 4.39 Å². The van der Waals surface area contributed by atoms with Crippen molar-refractivity contribution in [1.82, 2.24) is 5.32 Å². The van der Waals surface area contributed by atoms with E-state index in [4.69, 9.17) is 4.74 Å². The van der Waals surface area contributed by atoms with Crippen LogP contribution in [0.3, 0.4) is 0 Å². The molecular weight excluding hydrogens is 221 g/mol. The van der Waals surface area contributed by atoms with E-state index in [2.05, 4.69) is 5.32 Å². The minimum Gasteiger partial charge on any atom is -0.465 e. The highest BCUT2D eigenvalue weighted by molar-refractivity contribution is 5.75. The fourth-order valence-corrected chi connectivity index (χ4v) is 1.48. The Bertz CT molecular complexity index is 368. The summed E-state index contributed by atoms with van der Waals surface area (Å²) in [6, 6.07) is 6.28. The molecule has 94 valence electrons. The molecular formula is C13H18FNO2. The number of carbonyl (C=O) groups excluding carboxylic acids is 1. The number of nitrogens with one attached hydrogen (secondary N) is 1. The number of rotatable bonds is 6. The molecule has 3 nitrogen and oxygen atoms in total. The third-order valence-electron chi connectivity index (χ3n) is 2.44. The first kappa shape index (κ1) is 13.6. The molecule has 17 heavy (non-hydrogen) atoms. The Morgan fingerprint density at radius 1 is 1.47 bits per heavy atom. The van der Waals surface area contributed by atoms with E-state index >= 15 is 0 Å². The maximum Gasteiger partial charge on any atom is 0.322 e. The molecule has 0 aliphatic heterocycles. The molecule has 0 fully saturated rings. The van der Waals surface area contributed by atoms with Gasteiger partial charge in [-0.3, -0.25) is 4.79 Å². The zero-order valence-electron chi connectivity index (χ0n) is 10.2. The highest BCUT2D eigenvalue weighted by Crippen LogP contribution is 2.06. The predicted molar refractivity (Wildman–Crippen MR) is 64.2 cm³/mol. The van der Waals surface area contributed by atoms with Gasteiger partial charge in [-0.15, -0.1) is 0 Å². The van der Waals surface area contributed by atoms with Gasteiger partial charge in [0, 0.05) is 6.54 Å². The van der Waals surface area contributed by atoms with Crippen LogP contribution < -0.4 is 5.32 Å². The summed E-state index contributed by atoms with van der Waals surface area (Å²) in [4.78, 5) is 11.3. The van der Waals surface area contributed by atoms with Gasteiger partial charge in [0.05, 0.1) is 6.61 Å². The van der Waals surface area contributed by atoms with Crippen molar-refractivity contribution in [2.24, 2.45) is 0 Å². The number of hydrogen-bond donors (Lipinski definition) is 1. The molecule has 0 heterocycles. The first-order valence-corrected chi connectivity index (χ1v) is 5.78. The van der Waals surface area contributed by atoms with Crippen LogP contribution in [0.2, 0.25) is 0 Å². The topological polar surface area (TPSA) is 38.3 Å². The molecule has 1 N–H and O–H groups in total. The van der Waals surface area contributed by atoms with Crippen molar-refractivity contribution < 1.29 is 13.9 Å². The van der Waals surface area contributed by atoms with Crippen molar-refractivity contribution in [2.75, 3.05) is 13.2 Å². The molecule has 0 bridgehead atoms. The molecule has 0 amide bonds. The van der Waals surface area contributed by atoms with Gasteiger partial charge >= 0.3 is 5.97 Å². The van der Waals surface area contributed by atoms with Gasteiger partial charge in [0.1, 0.15) is 11.9 Å². The first-order valence-electron chi connectivity index (χ1n) is 5.78. The smallest absolute Gasteiger partial charge is 0.322 e. The lowest BCUT2D eigenvalue weighted by Gasteiger charge is -2.12. The summed E-state index contributed by atoms with van der Waals surface area (Å²) in [6.07, 6.45) is 0.552. The van der Waals surface area contributed by atoms with E-state index in [1.807, 2.05) is 0 Å². The van der Waals surface area contributed by atoms with Crippen LogP contribution in [0.15, 0.2) is 24.3 Å². The molecule has 4 heteroatoms. The molecule has 0 saturated heterocycles. The van der Waals surface area contributed by atoms with Crippen LogP contribution in [0.5, 0.6) is 0 Å². The van der Waals surface area contributed by atoms with E-state index in [-0.39, 0.29) is 17.8 Å². The van der Waals surface area contributed by atoms with Crippen molar-refractivity contribution in [3.63, 3.8) is 0 Å². The molecule has 1 aromatic rings.